The minimum atomic E-state index is -0.801. The van der Waals surface area contributed by atoms with E-state index in [9.17, 15) is 9.90 Å². The summed E-state index contributed by atoms with van der Waals surface area (Å²) in [5, 5.41) is 10.9. The number of hydrogen-bond donors (Lipinski definition) is 2. The molecule has 0 spiro atoms. The van der Waals surface area contributed by atoms with Crippen LogP contribution in [0.25, 0.3) is 10.9 Å². The summed E-state index contributed by atoms with van der Waals surface area (Å²) in [6.45, 7) is 1.59. The third-order valence-corrected chi connectivity index (χ3v) is 5.83. The number of ether oxygens (including phenoxy) is 1. The average Bonchev–Trinajstić information content (AvgIpc) is 3.13. The second-order valence-electron chi connectivity index (χ2n) is 7.57. The third-order valence-electron chi connectivity index (χ3n) is 5.83. The maximum atomic E-state index is 12.2. The molecular formula is C23H26N2O3. The van der Waals surface area contributed by atoms with Gasteiger partial charge in [-0.1, -0.05) is 30.3 Å². The van der Waals surface area contributed by atoms with E-state index < -0.39 is 12.0 Å². The van der Waals surface area contributed by atoms with Gasteiger partial charge in [0.05, 0.1) is 7.11 Å². The van der Waals surface area contributed by atoms with Gasteiger partial charge in [-0.2, -0.15) is 0 Å². The molecule has 1 saturated heterocycles. The standard InChI is InChI=1S/C23H26N2O3/c1-28-18-7-8-21-19(14-18)20(15-24-21)22(23(26)27)25-11-9-17(10-12-25)13-16-5-3-2-4-6-16/h2-8,14-15,17,22,24H,9-13H2,1H3,(H,26,27)/t22-/m0/s1. The highest BCUT2D eigenvalue weighted by molar-refractivity contribution is 5.90. The Kier molecular flexibility index (Phi) is 5.35. The van der Waals surface area contributed by atoms with Gasteiger partial charge in [0.25, 0.3) is 0 Å². The van der Waals surface area contributed by atoms with Gasteiger partial charge >= 0.3 is 5.97 Å². The number of aromatic amines is 1. The highest BCUT2D eigenvalue weighted by atomic mass is 16.5. The van der Waals surface area contributed by atoms with Crippen LogP contribution in [0.4, 0.5) is 0 Å². The number of carboxylic acids is 1. The van der Waals surface area contributed by atoms with Gasteiger partial charge in [0.15, 0.2) is 0 Å². The number of nitrogens with zero attached hydrogens (tertiary/aromatic N) is 1. The quantitative estimate of drug-likeness (QED) is 0.673. The number of aliphatic carboxylic acids is 1. The zero-order chi connectivity index (χ0) is 19.5. The van der Waals surface area contributed by atoms with E-state index in [1.807, 2.05) is 30.5 Å². The zero-order valence-electron chi connectivity index (χ0n) is 16.1. The van der Waals surface area contributed by atoms with Gasteiger partial charge in [-0.3, -0.25) is 9.69 Å². The van der Waals surface area contributed by atoms with Crippen LogP contribution in [0.3, 0.4) is 0 Å². The van der Waals surface area contributed by atoms with E-state index in [1.165, 1.54) is 5.56 Å². The molecule has 0 amide bonds. The van der Waals surface area contributed by atoms with Crippen LogP contribution in [0.2, 0.25) is 0 Å². The lowest BCUT2D eigenvalue weighted by molar-refractivity contribution is -0.144. The van der Waals surface area contributed by atoms with Gasteiger partial charge in [-0.05, 0) is 62.0 Å². The Morgan fingerprint density at radius 3 is 2.64 bits per heavy atom. The minimum absolute atomic E-state index is 0.608. The summed E-state index contributed by atoms with van der Waals surface area (Å²) in [5.74, 6) is 0.542. The lowest BCUT2D eigenvalue weighted by Crippen LogP contribution is -2.40. The van der Waals surface area contributed by atoms with Crippen LogP contribution in [0, 0.1) is 5.92 Å². The molecule has 1 aliphatic heterocycles. The van der Waals surface area contributed by atoms with Crippen LogP contribution < -0.4 is 4.74 Å². The van der Waals surface area contributed by atoms with Gasteiger partial charge in [-0.25, -0.2) is 0 Å². The first-order valence-corrected chi connectivity index (χ1v) is 9.81. The lowest BCUT2D eigenvalue weighted by atomic mass is 9.89. The average molecular weight is 378 g/mol. The van der Waals surface area contributed by atoms with Crippen LogP contribution in [0.5, 0.6) is 5.75 Å². The van der Waals surface area contributed by atoms with E-state index in [4.69, 9.17) is 4.74 Å². The Morgan fingerprint density at radius 1 is 1.21 bits per heavy atom. The van der Waals surface area contributed by atoms with Crippen LogP contribution in [-0.2, 0) is 11.2 Å². The van der Waals surface area contributed by atoms with Crippen molar-refractivity contribution in [3.8, 4) is 5.75 Å². The molecule has 1 aromatic heterocycles. The first-order valence-electron chi connectivity index (χ1n) is 9.81. The van der Waals surface area contributed by atoms with Crippen molar-refractivity contribution in [3.05, 3.63) is 65.9 Å². The Hall–Kier alpha value is -2.79. The Balaban J connectivity index is 1.51. The SMILES string of the molecule is COc1ccc2[nH]cc([C@@H](C(=O)O)N3CCC(Cc4ccccc4)CC3)c2c1. The summed E-state index contributed by atoms with van der Waals surface area (Å²) >= 11 is 0. The summed E-state index contributed by atoms with van der Waals surface area (Å²) in [6, 6.07) is 15.6. The highest BCUT2D eigenvalue weighted by Crippen LogP contribution is 2.34. The fourth-order valence-corrected chi connectivity index (χ4v) is 4.32. The van der Waals surface area contributed by atoms with Crippen molar-refractivity contribution in [1.29, 1.82) is 0 Å². The summed E-state index contributed by atoms with van der Waals surface area (Å²) in [6.07, 6.45) is 4.93. The maximum absolute atomic E-state index is 12.2. The van der Waals surface area contributed by atoms with Gasteiger partial charge in [0.2, 0.25) is 0 Å². The van der Waals surface area contributed by atoms with E-state index in [0.29, 0.717) is 5.92 Å². The number of H-pyrrole nitrogens is 1. The Labute approximate surface area is 164 Å². The number of carbonyl (C=O) groups is 1. The fourth-order valence-electron chi connectivity index (χ4n) is 4.32. The van der Waals surface area contributed by atoms with Gasteiger partial charge in [-0.15, -0.1) is 0 Å². The van der Waals surface area contributed by atoms with Crippen molar-refractivity contribution in [2.75, 3.05) is 20.2 Å². The summed E-state index contributed by atoms with van der Waals surface area (Å²) in [4.78, 5) is 17.5. The molecule has 28 heavy (non-hydrogen) atoms. The molecule has 1 atom stereocenters. The molecule has 0 radical (unpaired) electrons. The first kappa shape index (κ1) is 18.6. The van der Waals surface area contributed by atoms with Crippen molar-refractivity contribution in [2.45, 2.75) is 25.3 Å². The third kappa shape index (κ3) is 3.76. The molecule has 2 aromatic carbocycles. The monoisotopic (exact) mass is 378 g/mol. The second-order valence-corrected chi connectivity index (χ2v) is 7.57. The molecule has 0 unspecified atom stereocenters. The number of likely N-dealkylation sites (tertiary alicyclic amines) is 1. The van der Waals surface area contributed by atoms with Crippen molar-refractivity contribution in [3.63, 3.8) is 0 Å². The number of benzene rings is 2. The van der Waals surface area contributed by atoms with Crippen molar-refractivity contribution in [1.82, 2.24) is 9.88 Å². The number of carboxylic acid groups (broad SMARTS) is 1. The number of fused-ring (bicyclic) bond motifs is 1. The van der Waals surface area contributed by atoms with E-state index in [1.54, 1.807) is 7.11 Å². The fraction of sp³-hybridized carbons (Fsp3) is 0.348. The molecule has 5 heteroatoms. The first-order chi connectivity index (χ1) is 13.7. The normalized spacial score (nSPS) is 16.9. The molecule has 2 N–H and O–H groups in total. The van der Waals surface area contributed by atoms with Crippen LogP contribution in [0.1, 0.15) is 30.0 Å². The van der Waals surface area contributed by atoms with E-state index >= 15 is 0 Å². The number of hydrogen-bond acceptors (Lipinski definition) is 3. The summed E-state index contributed by atoms with van der Waals surface area (Å²) in [5.41, 5.74) is 3.10. The number of rotatable bonds is 6. The maximum Gasteiger partial charge on any atom is 0.325 e. The van der Waals surface area contributed by atoms with Crippen molar-refractivity contribution in [2.24, 2.45) is 5.92 Å². The molecule has 2 heterocycles. The van der Waals surface area contributed by atoms with Gasteiger partial charge < -0.3 is 14.8 Å². The molecule has 1 aliphatic rings. The van der Waals surface area contributed by atoms with Crippen LogP contribution in [0.15, 0.2) is 54.7 Å². The molecular weight excluding hydrogens is 352 g/mol. The number of nitrogens with one attached hydrogen (secondary N) is 1. The number of aromatic nitrogens is 1. The molecule has 0 saturated carbocycles. The van der Waals surface area contributed by atoms with Gasteiger partial charge in [0.1, 0.15) is 11.8 Å². The molecule has 5 nitrogen and oxygen atoms in total. The minimum Gasteiger partial charge on any atom is -0.497 e. The number of methoxy groups -OCH3 is 1. The van der Waals surface area contributed by atoms with E-state index in [2.05, 4.69) is 34.1 Å². The summed E-state index contributed by atoms with van der Waals surface area (Å²) in [7, 11) is 1.62. The topological polar surface area (TPSA) is 65.6 Å². The molecule has 0 bridgehead atoms. The molecule has 4 rings (SSSR count). The largest absolute Gasteiger partial charge is 0.497 e. The van der Waals surface area contributed by atoms with Gasteiger partial charge in [0, 0.05) is 22.7 Å². The van der Waals surface area contributed by atoms with Crippen molar-refractivity contribution < 1.29 is 14.6 Å². The summed E-state index contributed by atoms with van der Waals surface area (Å²) < 4.78 is 5.33. The Bertz CT molecular complexity index is 943. The zero-order valence-corrected chi connectivity index (χ0v) is 16.1. The van der Waals surface area contributed by atoms with E-state index in [-0.39, 0.29) is 0 Å². The molecule has 1 fully saturated rings. The number of piperidine rings is 1. The smallest absolute Gasteiger partial charge is 0.325 e. The predicted octanol–water partition coefficient (Wildman–Crippen LogP) is 4.26. The second kappa shape index (κ2) is 8.07. The predicted molar refractivity (Wildman–Crippen MR) is 110 cm³/mol. The van der Waals surface area contributed by atoms with Crippen LogP contribution >= 0.6 is 0 Å². The molecule has 0 aliphatic carbocycles. The Morgan fingerprint density at radius 2 is 1.96 bits per heavy atom. The molecule has 146 valence electrons. The lowest BCUT2D eigenvalue weighted by Gasteiger charge is -2.35. The molecule has 3 aromatic rings. The van der Waals surface area contributed by atoms with Crippen LogP contribution in [-0.4, -0.2) is 41.2 Å². The van der Waals surface area contributed by atoms with Crippen molar-refractivity contribution >= 4 is 16.9 Å². The highest BCUT2D eigenvalue weighted by Gasteiger charge is 2.32. The van der Waals surface area contributed by atoms with E-state index in [0.717, 1.165) is 54.6 Å².